The predicted octanol–water partition coefficient (Wildman–Crippen LogP) is 2.21. The number of aryl methyl sites for hydroxylation is 1. The van der Waals surface area contributed by atoms with Gasteiger partial charge >= 0.3 is 0 Å². The van der Waals surface area contributed by atoms with Crippen LogP contribution in [0.2, 0.25) is 0 Å². The van der Waals surface area contributed by atoms with Gasteiger partial charge in [-0.15, -0.1) is 0 Å². The van der Waals surface area contributed by atoms with Crippen LogP contribution in [0.25, 0.3) is 0 Å². The van der Waals surface area contributed by atoms with E-state index in [0.717, 1.165) is 16.2 Å². The monoisotopic (exact) mass is 411 g/mol. The number of nitriles is 2. The van der Waals surface area contributed by atoms with E-state index in [1.807, 2.05) is 23.6 Å². The smallest absolute Gasteiger partial charge is 0.268 e. The first kappa shape index (κ1) is 21.0. The summed E-state index contributed by atoms with van der Waals surface area (Å²) >= 11 is 0. The number of halogens is 2. The first-order valence-electron chi connectivity index (χ1n) is 9.23. The number of nitrogens with zero attached hydrogens (tertiary/aromatic N) is 4. The van der Waals surface area contributed by atoms with Crippen molar-refractivity contribution in [3.63, 3.8) is 0 Å². The second-order valence-corrected chi connectivity index (χ2v) is 7.22. The third kappa shape index (κ3) is 4.64. The van der Waals surface area contributed by atoms with E-state index >= 15 is 0 Å². The van der Waals surface area contributed by atoms with Crippen molar-refractivity contribution >= 4 is 11.8 Å². The summed E-state index contributed by atoms with van der Waals surface area (Å²) in [7, 11) is 0. The number of aromatic nitrogens is 1. The molecule has 154 valence electrons. The van der Waals surface area contributed by atoms with Crippen LogP contribution in [-0.2, 0) is 11.3 Å². The van der Waals surface area contributed by atoms with Gasteiger partial charge in [0, 0.05) is 24.9 Å². The zero-order chi connectivity index (χ0) is 21.9. The molecule has 0 radical (unpaired) electrons. The quantitative estimate of drug-likeness (QED) is 0.815. The SMILES string of the molecule is Cc1cc(C(=O)NCC(=O)N2CC(F)(F)C[C@H]2C#N)cn1Cc1ccc(C#N)cc1. The highest BCUT2D eigenvalue weighted by Crippen LogP contribution is 2.31. The second-order valence-electron chi connectivity index (χ2n) is 7.22. The Labute approximate surface area is 172 Å². The lowest BCUT2D eigenvalue weighted by Crippen LogP contribution is -2.42. The van der Waals surface area contributed by atoms with Crippen LogP contribution in [0.4, 0.5) is 8.78 Å². The molecule has 1 N–H and O–H groups in total. The van der Waals surface area contributed by atoms with E-state index in [4.69, 9.17) is 10.5 Å². The van der Waals surface area contributed by atoms with Crippen LogP contribution in [0, 0.1) is 29.6 Å². The number of hydrogen-bond acceptors (Lipinski definition) is 4. The van der Waals surface area contributed by atoms with E-state index in [9.17, 15) is 18.4 Å². The molecule has 1 saturated heterocycles. The Morgan fingerprint density at radius 1 is 1.27 bits per heavy atom. The van der Waals surface area contributed by atoms with Crippen molar-refractivity contribution in [2.24, 2.45) is 0 Å². The minimum absolute atomic E-state index is 0.331. The lowest BCUT2D eigenvalue weighted by atomic mass is 10.1. The fraction of sp³-hybridized carbons (Fsp3) is 0.333. The van der Waals surface area contributed by atoms with Crippen LogP contribution < -0.4 is 5.32 Å². The van der Waals surface area contributed by atoms with E-state index in [1.165, 1.54) is 0 Å². The minimum Gasteiger partial charge on any atom is -0.347 e. The van der Waals surface area contributed by atoms with Gasteiger partial charge in [-0.1, -0.05) is 12.1 Å². The number of alkyl halides is 2. The molecule has 3 rings (SSSR count). The number of benzene rings is 1. The summed E-state index contributed by atoms with van der Waals surface area (Å²) in [4.78, 5) is 25.4. The van der Waals surface area contributed by atoms with Gasteiger partial charge in [0.15, 0.2) is 0 Å². The Morgan fingerprint density at radius 3 is 2.60 bits per heavy atom. The maximum atomic E-state index is 13.5. The molecule has 7 nitrogen and oxygen atoms in total. The second kappa shape index (κ2) is 8.34. The summed E-state index contributed by atoms with van der Waals surface area (Å²) in [5, 5.41) is 20.3. The molecule has 1 aromatic carbocycles. The number of amides is 2. The van der Waals surface area contributed by atoms with Crippen molar-refractivity contribution in [2.45, 2.75) is 31.9 Å². The zero-order valence-corrected chi connectivity index (χ0v) is 16.2. The highest BCUT2D eigenvalue weighted by molar-refractivity contribution is 5.96. The Balaban J connectivity index is 1.61. The summed E-state index contributed by atoms with van der Waals surface area (Å²) in [5.41, 5.74) is 2.66. The molecule has 1 atom stereocenters. The molecular weight excluding hydrogens is 392 g/mol. The largest absolute Gasteiger partial charge is 0.347 e. The van der Waals surface area contributed by atoms with Gasteiger partial charge in [0.05, 0.1) is 36.4 Å². The normalized spacial score (nSPS) is 17.2. The van der Waals surface area contributed by atoms with Crippen molar-refractivity contribution in [2.75, 3.05) is 13.1 Å². The Hall–Kier alpha value is -3.72. The molecule has 0 saturated carbocycles. The van der Waals surface area contributed by atoms with Crippen molar-refractivity contribution < 1.29 is 18.4 Å². The van der Waals surface area contributed by atoms with Gasteiger partial charge in [-0.2, -0.15) is 10.5 Å². The molecule has 1 aromatic heterocycles. The summed E-state index contributed by atoms with van der Waals surface area (Å²) in [5.74, 6) is -4.33. The number of carbonyl (C=O) groups excluding carboxylic acids is 2. The molecule has 1 fully saturated rings. The molecular formula is C21H19F2N5O2. The van der Waals surface area contributed by atoms with E-state index in [0.29, 0.717) is 17.7 Å². The topological polar surface area (TPSA) is 102 Å². The van der Waals surface area contributed by atoms with Gasteiger partial charge in [-0.3, -0.25) is 9.59 Å². The van der Waals surface area contributed by atoms with Crippen LogP contribution in [0.3, 0.4) is 0 Å². The van der Waals surface area contributed by atoms with E-state index in [-0.39, 0.29) is 0 Å². The number of likely N-dealkylation sites (tertiary alicyclic amines) is 1. The first-order chi connectivity index (χ1) is 14.2. The summed E-state index contributed by atoms with van der Waals surface area (Å²) in [6, 6.07) is 11.3. The predicted molar refractivity (Wildman–Crippen MR) is 102 cm³/mol. The van der Waals surface area contributed by atoms with Gasteiger partial charge in [-0.25, -0.2) is 8.78 Å². The van der Waals surface area contributed by atoms with Crippen LogP contribution in [0.5, 0.6) is 0 Å². The Kier molecular flexibility index (Phi) is 5.84. The highest BCUT2D eigenvalue weighted by Gasteiger charge is 2.47. The van der Waals surface area contributed by atoms with Gasteiger partial charge in [0.1, 0.15) is 6.04 Å². The summed E-state index contributed by atoms with van der Waals surface area (Å²) in [6.45, 7) is 1.04. The maximum Gasteiger partial charge on any atom is 0.268 e. The molecule has 1 aliphatic heterocycles. The lowest BCUT2D eigenvalue weighted by molar-refractivity contribution is -0.131. The third-order valence-corrected chi connectivity index (χ3v) is 4.95. The summed E-state index contributed by atoms with van der Waals surface area (Å²) in [6.07, 6.45) is 0.940. The van der Waals surface area contributed by atoms with E-state index < -0.39 is 43.3 Å². The molecule has 30 heavy (non-hydrogen) atoms. The lowest BCUT2D eigenvalue weighted by Gasteiger charge is -2.19. The van der Waals surface area contributed by atoms with Crippen LogP contribution in [0.1, 0.15) is 33.6 Å². The number of carbonyl (C=O) groups is 2. The minimum atomic E-state index is -3.10. The molecule has 2 heterocycles. The molecule has 2 amide bonds. The Morgan fingerprint density at radius 2 is 1.97 bits per heavy atom. The summed E-state index contributed by atoms with van der Waals surface area (Å²) < 4.78 is 28.8. The molecule has 0 spiro atoms. The molecule has 1 aliphatic rings. The standard InChI is InChI=1S/C21H19F2N5O2/c1-14-6-17(12-27(14)11-16-4-2-15(8-24)3-5-16)20(30)26-10-19(29)28-13-21(22,23)7-18(28)9-25/h2-6,12,18H,7,10-11,13H2,1H3,(H,26,30)/t18-/m0/s1. The zero-order valence-electron chi connectivity index (χ0n) is 16.2. The molecule has 0 bridgehead atoms. The average Bonchev–Trinajstić information content (AvgIpc) is 3.25. The molecule has 9 heteroatoms. The third-order valence-electron chi connectivity index (χ3n) is 4.95. The van der Waals surface area contributed by atoms with Crippen molar-refractivity contribution in [3.8, 4) is 12.1 Å². The Bertz CT molecular complexity index is 1050. The van der Waals surface area contributed by atoms with Gasteiger partial charge < -0.3 is 14.8 Å². The molecule has 0 unspecified atom stereocenters. The number of hydrogen-bond donors (Lipinski definition) is 1. The van der Waals surface area contributed by atoms with Crippen LogP contribution in [0.15, 0.2) is 36.5 Å². The highest BCUT2D eigenvalue weighted by atomic mass is 19.3. The van der Waals surface area contributed by atoms with Gasteiger partial charge in [0.2, 0.25) is 5.91 Å². The number of rotatable bonds is 5. The van der Waals surface area contributed by atoms with Crippen LogP contribution in [-0.4, -0.2) is 46.3 Å². The van der Waals surface area contributed by atoms with E-state index in [2.05, 4.69) is 11.4 Å². The van der Waals surface area contributed by atoms with Crippen molar-refractivity contribution in [1.82, 2.24) is 14.8 Å². The van der Waals surface area contributed by atoms with Crippen molar-refractivity contribution in [1.29, 1.82) is 10.5 Å². The van der Waals surface area contributed by atoms with Crippen LogP contribution >= 0.6 is 0 Å². The van der Waals surface area contributed by atoms with E-state index in [1.54, 1.807) is 30.5 Å². The first-order valence-corrected chi connectivity index (χ1v) is 9.23. The number of nitrogens with one attached hydrogen (secondary N) is 1. The van der Waals surface area contributed by atoms with Gasteiger partial charge in [-0.05, 0) is 30.7 Å². The van der Waals surface area contributed by atoms with Gasteiger partial charge in [0.25, 0.3) is 11.8 Å². The maximum absolute atomic E-state index is 13.5. The molecule has 0 aliphatic carbocycles. The molecule has 2 aromatic rings. The van der Waals surface area contributed by atoms with Crippen molar-refractivity contribution in [3.05, 3.63) is 58.9 Å². The average molecular weight is 411 g/mol. The fourth-order valence-electron chi connectivity index (χ4n) is 3.34. The fourth-order valence-corrected chi connectivity index (χ4v) is 3.34.